The molecular weight excluding hydrogens is 265 g/mol. The number of alkyl halides is 1. The summed E-state index contributed by atoms with van der Waals surface area (Å²) < 4.78 is 19.1. The first-order valence-electron chi connectivity index (χ1n) is 6.15. The van der Waals surface area contributed by atoms with Gasteiger partial charge >= 0.3 is 5.97 Å². The number of esters is 1. The van der Waals surface area contributed by atoms with Crippen LogP contribution in [0, 0.1) is 10.1 Å². The van der Waals surface area contributed by atoms with Crippen molar-refractivity contribution >= 4 is 11.7 Å². The molecule has 2 unspecified atom stereocenters. The first kappa shape index (κ1) is 15.8. The third-order valence-corrected chi connectivity index (χ3v) is 2.85. The number of rotatable bonds is 6. The highest BCUT2D eigenvalue weighted by atomic mass is 19.1. The minimum absolute atomic E-state index is 0.127. The summed E-state index contributed by atoms with van der Waals surface area (Å²) >= 11 is 0. The van der Waals surface area contributed by atoms with E-state index in [4.69, 9.17) is 4.74 Å². The average molecular weight is 281 g/mol. The van der Waals surface area contributed by atoms with E-state index in [1.54, 1.807) is 6.92 Å². The van der Waals surface area contributed by atoms with Crippen LogP contribution in [0.15, 0.2) is 36.4 Å². The zero-order valence-electron chi connectivity index (χ0n) is 11.3. The highest BCUT2D eigenvalue weighted by Crippen LogP contribution is 2.27. The highest BCUT2D eigenvalue weighted by molar-refractivity contribution is 5.89. The van der Waals surface area contributed by atoms with Gasteiger partial charge in [-0.05, 0) is 31.0 Å². The maximum absolute atomic E-state index is 14.1. The van der Waals surface area contributed by atoms with Gasteiger partial charge in [-0.1, -0.05) is 13.5 Å². The van der Waals surface area contributed by atoms with E-state index in [0.29, 0.717) is 6.42 Å². The van der Waals surface area contributed by atoms with Gasteiger partial charge in [-0.15, -0.1) is 0 Å². The molecule has 6 heteroatoms. The first-order valence-corrected chi connectivity index (χ1v) is 6.15. The molecule has 1 rings (SSSR count). The molecular formula is C14H16FNO4. The lowest BCUT2D eigenvalue weighted by Gasteiger charge is -2.14. The van der Waals surface area contributed by atoms with Crippen molar-refractivity contribution in [3.63, 3.8) is 0 Å². The van der Waals surface area contributed by atoms with Crippen LogP contribution >= 0.6 is 0 Å². The van der Waals surface area contributed by atoms with Gasteiger partial charge in [-0.3, -0.25) is 10.1 Å². The minimum Gasteiger partial charge on any atom is -0.459 e. The number of hydrogen-bond donors (Lipinski definition) is 0. The number of hydrogen-bond acceptors (Lipinski definition) is 4. The minimum atomic E-state index is -1.74. The van der Waals surface area contributed by atoms with Crippen LogP contribution in [0.25, 0.3) is 0 Å². The molecule has 5 nitrogen and oxygen atoms in total. The van der Waals surface area contributed by atoms with E-state index < -0.39 is 17.1 Å². The summed E-state index contributed by atoms with van der Waals surface area (Å²) in [7, 11) is 0. The van der Waals surface area contributed by atoms with Crippen LogP contribution in [0.3, 0.4) is 0 Å². The molecule has 0 saturated heterocycles. The SMILES string of the molecule is C=C(C(=O)OC(C)CC)C(F)c1ccc([N+](=O)[O-])cc1. The number of non-ortho nitro benzene ring substituents is 1. The lowest BCUT2D eigenvalue weighted by atomic mass is 10.0. The number of benzene rings is 1. The summed E-state index contributed by atoms with van der Waals surface area (Å²) in [6.07, 6.45) is -1.44. The van der Waals surface area contributed by atoms with Crippen molar-refractivity contribution in [2.75, 3.05) is 0 Å². The second-order valence-electron chi connectivity index (χ2n) is 4.36. The van der Waals surface area contributed by atoms with Crippen molar-refractivity contribution in [2.24, 2.45) is 0 Å². The van der Waals surface area contributed by atoms with Gasteiger partial charge in [0.2, 0.25) is 0 Å². The number of ether oxygens (including phenoxy) is 1. The van der Waals surface area contributed by atoms with Crippen LogP contribution in [-0.4, -0.2) is 17.0 Å². The molecule has 20 heavy (non-hydrogen) atoms. The summed E-state index contributed by atoms with van der Waals surface area (Å²) in [6, 6.07) is 4.86. The molecule has 2 atom stereocenters. The Labute approximate surface area is 116 Å². The number of nitrogens with zero attached hydrogens (tertiary/aromatic N) is 1. The predicted molar refractivity (Wildman–Crippen MR) is 71.9 cm³/mol. The average Bonchev–Trinajstić information content (AvgIpc) is 2.45. The molecule has 0 N–H and O–H groups in total. The molecule has 0 heterocycles. The molecule has 108 valence electrons. The molecule has 1 aromatic carbocycles. The molecule has 0 bridgehead atoms. The van der Waals surface area contributed by atoms with Crippen molar-refractivity contribution in [1.29, 1.82) is 0 Å². The van der Waals surface area contributed by atoms with Crippen LogP contribution < -0.4 is 0 Å². The Kier molecular flexibility index (Phi) is 5.37. The van der Waals surface area contributed by atoms with E-state index in [2.05, 4.69) is 6.58 Å². The number of carbonyl (C=O) groups excluding carboxylic acids is 1. The summed E-state index contributed by atoms with van der Waals surface area (Å²) in [6.45, 7) is 6.93. The molecule has 1 aromatic rings. The summed E-state index contributed by atoms with van der Waals surface area (Å²) in [5, 5.41) is 10.5. The Bertz CT molecular complexity index is 512. The predicted octanol–water partition coefficient (Wildman–Crippen LogP) is 3.50. The number of carbonyl (C=O) groups is 1. The van der Waals surface area contributed by atoms with E-state index in [9.17, 15) is 19.3 Å². The molecule has 0 aromatic heterocycles. The van der Waals surface area contributed by atoms with Gasteiger partial charge in [0.1, 0.15) is 0 Å². The van der Waals surface area contributed by atoms with Crippen molar-refractivity contribution in [2.45, 2.75) is 32.5 Å². The zero-order valence-corrected chi connectivity index (χ0v) is 11.3. The molecule has 0 aliphatic rings. The van der Waals surface area contributed by atoms with Crippen LogP contribution in [0.1, 0.15) is 32.0 Å². The lowest BCUT2D eigenvalue weighted by Crippen LogP contribution is -2.17. The summed E-state index contributed by atoms with van der Waals surface area (Å²) in [5.41, 5.74) is -0.338. The fraction of sp³-hybridized carbons (Fsp3) is 0.357. The topological polar surface area (TPSA) is 69.4 Å². The smallest absolute Gasteiger partial charge is 0.336 e. The number of nitro benzene ring substituents is 1. The molecule has 0 radical (unpaired) electrons. The Morgan fingerprint density at radius 3 is 2.45 bits per heavy atom. The molecule has 0 aliphatic carbocycles. The number of halogens is 1. The molecule has 0 amide bonds. The Morgan fingerprint density at radius 2 is 2.00 bits per heavy atom. The van der Waals surface area contributed by atoms with Gasteiger partial charge in [-0.25, -0.2) is 9.18 Å². The van der Waals surface area contributed by atoms with Gasteiger partial charge in [0.05, 0.1) is 16.6 Å². The van der Waals surface area contributed by atoms with E-state index >= 15 is 0 Å². The first-order chi connectivity index (χ1) is 9.36. The zero-order chi connectivity index (χ0) is 15.3. The Morgan fingerprint density at radius 1 is 1.45 bits per heavy atom. The van der Waals surface area contributed by atoms with Crippen LogP contribution in [-0.2, 0) is 9.53 Å². The summed E-state index contributed by atoms with van der Waals surface area (Å²) in [4.78, 5) is 21.6. The van der Waals surface area contributed by atoms with Crippen molar-refractivity contribution in [3.05, 3.63) is 52.1 Å². The van der Waals surface area contributed by atoms with Crippen LogP contribution in [0.5, 0.6) is 0 Å². The van der Waals surface area contributed by atoms with E-state index in [0.717, 1.165) is 0 Å². The van der Waals surface area contributed by atoms with Gasteiger partial charge in [0.25, 0.3) is 5.69 Å². The largest absolute Gasteiger partial charge is 0.459 e. The monoisotopic (exact) mass is 281 g/mol. The quantitative estimate of drug-likeness (QED) is 0.346. The molecule has 0 fully saturated rings. The Hall–Kier alpha value is -2.24. The third-order valence-electron chi connectivity index (χ3n) is 2.85. The lowest BCUT2D eigenvalue weighted by molar-refractivity contribution is -0.384. The van der Waals surface area contributed by atoms with Crippen molar-refractivity contribution in [1.82, 2.24) is 0 Å². The van der Waals surface area contributed by atoms with E-state index in [1.165, 1.54) is 24.3 Å². The Balaban J connectivity index is 2.78. The normalized spacial score (nSPS) is 13.3. The third kappa shape index (κ3) is 3.88. The van der Waals surface area contributed by atoms with Crippen molar-refractivity contribution in [3.8, 4) is 0 Å². The molecule has 0 spiro atoms. The number of nitro groups is 1. The van der Waals surface area contributed by atoms with Gasteiger partial charge in [-0.2, -0.15) is 0 Å². The maximum atomic E-state index is 14.1. The van der Waals surface area contributed by atoms with Crippen LogP contribution in [0.2, 0.25) is 0 Å². The highest BCUT2D eigenvalue weighted by Gasteiger charge is 2.23. The second kappa shape index (κ2) is 6.79. The second-order valence-corrected chi connectivity index (χ2v) is 4.36. The summed E-state index contributed by atoms with van der Waals surface area (Å²) in [5.74, 6) is -0.801. The van der Waals surface area contributed by atoms with Gasteiger partial charge in [0.15, 0.2) is 6.17 Å². The fourth-order valence-electron chi connectivity index (χ4n) is 1.41. The molecule has 0 aliphatic heterocycles. The van der Waals surface area contributed by atoms with Crippen molar-refractivity contribution < 1.29 is 18.8 Å². The van der Waals surface area contributed by atoms with Gasteiger partial charge in [0, 0.05) is 12.1 Å². The standard InChI is InChI=1S/C14H16FNO4/c1-4-9(2)20-14(17)10(3)13(15)11-5-7-12(8-6-11)16(18)19/h5-9,13H,3-4H2,1-2H3. The fourth-order valence-corrected chi connectivity index (χ4v) is 1.41. The van der Waals surface area contributed by atoms with Crippen LogP contribution in [0.4, 0.5) is 10.1 Å². The van der Waals surface area contributed by atoms with E-state index in [-0.39, 0.29) is 22.9 Å². The van der Waals surface area contributed by atoms with E-state index in [1.807, 2.05) is 6.92 Å². The molecule has 0 saturated carbocycles. The van der Waals surface area contributed by atoms with Gasteiger partial charge < -0.3 is 4.74 Å². The maximum Gasteiger partial charge on any atom is 0.336 e.